The first-order valence-corrected chi connectivity index (χ1v) is 6.59. The summed E-state index contributed by atoms with van der Waals surface area (Å²) in [4.78, 5) is 0. The summed E-state index contributed by atoms with van der Waals surface area (Å²) >= 11 is 0. The Morgan fingerprint density at radius 2 is 2.14 bits per heavy atom. The smallest absolute Gasteiger partial charge is 0.318 e. The maximum atomic E-state index is 12.9. The van der Waals surface area contributed by atoms with Gasteiger partial charge in [-0.3, -0.25) is 4.68 Å². The van der Waals surface area contributed by atoms with Crippen molar-refractivity contribution in [3.8, 4) is 0 Å². The van der Waals surface area contributed by atoms with E-state index in [0.717, 1.165) is 0 Å². The Morgan fingerprint density at radius 3 is 2.76 bits per heavy atom. The van der Waals surface area contributed by atoms with E-state index >= 15 is 0 Å². The molecule has 0 fully saturated rings. The van der Waals surface area contributed by atoms with Crippen molar-refractivity contribution in [2.75, 3.05) is 0 Å². The number of nitrogens with two attached hydrogens (primary N) is 1. The first-order valence-electron chi connectivity index (χ1n) is 6.59. The van der Waals surface area contributed by atoms with Crippen LogP contribution in [0.3, 0.4) is 0 Å². The van der Waals surface area contributed by atoms with Gasteiger partial charge in [0.05, 0.1) is 18.2 Å². The molecule has 6 nitrogen and oxygen atoms in total. The van der Waals surface area contributed by atoms with E-state index in [-0.39, 0.29) is 19.4 Å². The fourth-order valence-corrected chi connectivity index (χ4v) is 2.60. The lowest BCUT2D eigenvalue weighted by Gasteiger charge is -2.26. The average molecular weight is 300 g/mol. The van der Waals surface area contributed by atoms with Gasteiger partial charge in [0.25, 0.3) is 0 Å². The van der Waals surface area contributed by atoms with Crippen molar-refractivity contribution in [2.45, 2.75) is 31.6 Å². The summed E-state index contributed by atoms with van der Waals surface area (Å²) in [5.74, 6) is -0.461. The zero-order chi connectivity index (χ0) is 15.2. The van der Waals surface area contributed by atoms with Crippen LogP contribution in [0.25, 0.3) is 0 Å². The predicted molar refractivity (Wildman–Crippen MR) is 67.1 cm³/mol. The molecular weight excluding hydrogens is 285 g/mol. The molecule has 0 aromatic carbocycles. The lowest BCUT2D eigenvalue weighted by molar-refractivity contribution is -0.182. The van der Waals surface area contributed by atoms with Crippen LogP contribution >= 0.6 is 0 Å². The van der Waals surface area contributed by atoms with Crippen LogP contribution in [0.5, 0.6) is 0 Å². The van der Waals surface area contributed by atoms with Crippen molar-refractivity contribution in [3.63, 3.8) is 0 Å². The number of aryl methyl sites for hydroxylation is 2. The highest BCUT2D eigenvalue weighted by Gasteiger charge is 2.42. The van der Waals surface area contributed by atoms with Crippen molar-refractivity contribution in [2.24, 2.45) is 18.7 Å². The highest BCUT2D eigenvalue weighted by atomic mass is 19.4. The SMILES string of the molecule is Cn1cc(C(N)c2nnc3n2CC(C(F)(F)F)CC3)cn1. The van der Waals surface area contributed by atoms with E-state index in [0.29, 0.717) is 17.2 Å². The summed E-state index contributed by atoms with van der Waals surface area (Å²) in [6.45, 7) is -0.171. The number of hydrogen-bond acceptors (Lipinski definition) is 4. The van der Waals surface area contributed by atoms with E-state index < -0.39 is 18.1 Å². The molecule has 3 heterocycles. The minimum absolute atomic E-state index is 0.0454. The van der Waals surface area contributed by atoms with Gasteiger partial charge in [-0.2, -0.15) is 18.3 Å². The number of fused-ring (bicyclic) bond motifs is 1. The van der Waals surface area contributed by atoms with Crippen molar-refractivity contribution < 1.29 is 13.2 Å². The molecule has 0 aliphatic carbocycles. The topological polar surface area (TPSA) is 74.6 Å². The Hall–Kier alpha value is -1.90. The molecule has 1 aliphatic rings. The summed E-state index contributed by atoms with van der Waals surface area (Å²) in [7, 11) is 1.75. The molecule has 21 heavy (non-hydrogen) atoms. The van der Waals surface area contributed by atoms with E-state index in [4.69, 9.17) is 5.73 Å². The van der Waals surface area contributed by atoms with Gasteiger partial charge in [-0.25, -0.2) is 0 Å². The standard InChI is InChI=1S/C12H15F3N6/c1-20-5-7(4-17-20)10(16)11-19-18-9-3-2-8(6-21(9)11)12(13,14)15/h4-5,8,10H,2-3,6,16H2,1H3. The van der Waals surface area contributed by atoms with Crippen LogP contribution < -0.4 is 5.73 Å². The first-order chi connectivity index (χ1) is 9.86. The Morgan fingerprint density at radius 1 is 1.38 bits per heavy atom. The molecule has 0 bridgehead atoms. The van der Waals surface area contributed by atoms with Gasteiger partial charge in [0.1, 0.15) is 5.82 Å². The van der Waals surface area contributed by atoms with Gasteiger partial charge >= 0.3 is 6.18 Å². The van der Waals surface area contributed by atoms with Crippen molar-refractivity contribution in [1.82, 2.24) is 24.5 Å². The van der Waals surface area contributed by atoms with Crippen LogP contribution in [0.4, 0.5) is 13.2 Å². The van der Waals surface area contributed by atoms with Gasteiger partial charge in [-0.1, -0.05) is 0 Å². The number of rotatable bonds is 2. The van der Waals surface area contributed by atoms with Gasteiger partial charge < -0.3 is 10.3 Å². The second-order valence-corrected chi connectivity index (χ2v) is 5.29. The molecule has 114 valence electrons. The molecule has 2 atom stereocenters. The summed E-state index contributed by atoms with van der Waals surface area (Å²) in [6, 6.07) is -0.632. The number of halogens is 3. The maximum Gasteiger partial charge on any atom is 0.393 e. The van der Waals surface area contributed by atoms with Crippen LogP contribution in [0.2, 0.25) is 0 Å². The Bertz CT molecular complexity index is 644. The second kappa shape index (κ2) is 4.83. The molecule has 2 aromatic rings. The van der Waals surface area contributed by atoms with Crippen LogP contribution in [0.1, 0.15) is 29.7 Å². The molecule has 2 N–H and O–H groups in total. The van der Waals surface area contributed by atoms with Crippen LogP contribution in [0, 0.1) is 5.92 Å². The monoisotopic (exact) mass is 300 g/mol. The molecule has 9 heteroatoms. The Labute approximate surface area is 118 Å². The lowest BCUT2D eigenvalue weighted by Crippen LogP contribution is -2.33. The van der Waals surface area contributed by atoms with Gasteiger partial charge in [0.2, 0.25) is 0 Å². The highest BCUT2D eigenvalue weighted by Crippen LogP contribution is 2.35. The molecule has 3 rings (SSSR count). The van der Waals surface area contributed by atoms with Crippen molar-refractivity contribution in [3.05, 3.63) is 29.6 Å². The second-order valence-electron chi connectivity index (χ2n) is 5.29. The summed E-state index contributed by atoms with van der Waals surface area (Å²) < 4.78 is 41.8. The largest absolute Gasteiger partial charge is 0.393 e. The third-order valence-corrected chi connectivity index (χ3v) is 3.80. The maximum absolute atomic E-state index is 12.9. The molecule has 1 aliphatic heterocycles. The molecule has 2 aromatic heterocycles. The lowest BCUT2D eigenvalue weighted by atomic mass is 9.98. The van der Waals surface area contributed by atoms with Crippen molar-refractivity contribution in [1.29, 1.82) is 0 Å². The molecule has 0 radical (unpaired) electrons. The molecule has 2 unspecified atom stereocenters. The number of hydrogen-bond donors (Lipinski definition) is 1. The Balaban J connectivity index is 1.91. The number of alkyl halides is 3. The highest BCUT2D eigenvalue weighted by molar-refractivity contribution is 5.20. The summed E-state index contributed by atoms with van der Waals surface area (Å²) in [5.41, 5.74) is 6.79. The van der Waals surface area contributed by atoms with Gasteiger partial charge in [0, 0.05) is 31.8 Å². The zero-order valence-electron chi connectivity index (χ0n) is 11.4. The number of aromatic nitrogens is 5. The zero-order valence-corrected chi connectivity index (χ0v) is 11.4. The minimum Gasteiger partial charge on any atom is -0.318 e. The number of nitrogens with zero attached hydrogens (tertiary/aromatic N) is 5. The van der Waals surface area contributed by atoms with E-state index in [1.54, 1.807) is 24.1 Å². The quantitative estimate of drug-likeness (QED) is 0.904. The third-order valence-electron chi connectivity index (χ3n) is 3.80. The summed E-state index contributed by atoms with van der Waals surface area (Å²) in [5, 5.41) is 12.0. The molecule has 0 spiro atoms. The fraction of sp³-hybridized carbons (Fsp3) is 0.583. The molecule has 0 saturated carbocycles. The van der Waals surface area contributed by atoms with Crippen LogP contribution in [-0.4, -0.2) is 30.7 Å². The minimum atomic E-state index is -4.21. The van der Waals surface area contributed by atoms with Crippen molar-refractivity contribution >= 4 is 0 Å². The van der Waals surface area contributed by atoms with Gasteiger partial charge in [0.15, 0.2) is 5.82 Å². The predicted octanol–water partition coefficient (Wildman–Crippen LogP) is 1.18. The van der Waals surface area contributed by atoms with E-state index in [9.17, 15) is 13.2 Å². The normalized spacial score (nSPS) is 20.3. The van der Waals surface area contributed by atoms with E-state index in [1.165, 1.54) is 4.57 Å². The van der Waals surface area contributed by atoms with Crippen LogP contribution in [-0.2, 0) is 20.0 Å². The molecule has 0 amide bonds. The fourth-order valence-electron chi connectivity index (χ4n) is 2.60. The molecular formula is C12H15F3N6. The average Bonchev–Trinajstić information content (AvgIpc) is 3.02. The summed E-state index contributed by atoms with van der Waals surface area (Å²) in [6.07, 6.45) is -0.606. The van der Waals surface area contributed by atoms with Gasteiger partial charge in [-0.15, -0.1) is 10.2 Å². The van der Waals surface area contributed by atoms with Crippen LogP contribution in [0.15, 0.2) is 12.4 Å². The Kier molecular flexibility index (Phi) is 3.23. The first kappa shape index (κ1) is 14.1. The third kappa shape index (κ3) is 2.53. The van der Waals surface area contributed by atoms with E-state index in [1.807, 2.05) is 0 Å². The van der Waals surface area contributed by atoms with Gasteiger partial charge in [-0.05, 0) is 6.42 Å². The molecule has 0 saturated heterocycles. The van der Waals surface area contributed by atoms with E-state index in [2.05, 4.69) is 15.3 Å².